The summed E-state index contributed by atoms with van der Waals surface area (Å²) in [6.45, 7) is 2.97. The van der Waals surface area contributed by atoms with Gasteiger partial charge in [-0.05, 0) is 24.3 Å². The predicted octanol–water partition coefficient (Wildman–Crippen LogP) is 1.36. The largest absolute Gasteiger partial charge is 0.468 e. The molecule has 1 N–H and O–H groups in total. The fraction of sp³-hybridized carbons (Fsp3) is 0.412. The number of fused-ring (bicyclic) bond motifs is 1. The molecule has 0 radical (unpaired) electrons. The first kappa shape index (κ1) is 17.3. The molecule has 2 aromatic rings. The van der Waals surface area contributed by atoms with Gasteiger partial charge in [0.25, 0.3) is 0 Å². The smallest absolute Gasteiger partial charge is 0.240 e. The standard InChI is InChI=1S/C17H20N2O6S/c20-26(21,13-3-4-16-17(10-13)25-12-24-16)18-11-14(15-2-1-7-23-15)19-5-8-22-9-6-19/h1-4,7,10,14,18H,5-6,8-9,11-12H2/t14-/m0/s1. The van der Waals surface area contributed by atoms with Crippen molar-refractivity contribution in [2.24, 2.45) is 0 Å². The lowest BCUT2D eigenvalue weighted by Crippen LogP contribution is -2.43. The van der Waals surface area contributed by atoms with Crippen LogP contribution in [0.3, 0.4) is 0 Å². The third kappa shape index (κ3) is 3.56. The molecule has 26 heavy (non-hydrogen) atoms. The van der Waals surface area contributed by atoms with Crippen LogP contribution in [-0.4, -0.2) is 53.0 Å². The van der Waals surface area contributed by atoms with Gasteiger partial charge < -0.3 is 18.6 Å². The molecule has 1 saturated heterocycles. The van der Waals surface area contributed by atoms with Crippen LogP contribution in [0.15, 0.2) is 45.9 Å². The van der Waals surface area contributed by atoms with Crippen LogP contribution in [0.25, 0.3) is 0 Å². The van der Waals surface area contributed by atoms with Crippen LogP contribution in [0.1, 0.15) is 11.8 Å². The highest BCUT2D eigenvalue weighted by Crippen LogP contribution is 2.34. The second-order valence-corrected chi connectivity index (χ2v) is 7.81. The Balaban J connectivity index is 1.51. The van der Waals surface area contributed by atoms with Crippen molar-refractivity contribution in [3.8, 4) is 11.5 Å². The van der Waals surface area contributed by atoms with Gasteiger partial charge in [0, 0.05) is 25.7 Å². The minimum atomic E-state index is -3.69. The van der Waals surface area contributed by atoms with E-state index < -0.39 is 10.0 Å². The Morgan fingerprint density at radius 2 is 1.92 bits per heavy atom. The van der Waals surface area contributed by atoms with Crippen molar-refractivity contribution in [3.05, 3.63) is 42.4 Å². The number of hydrogen-bond donors (Lipinski definition) is 1. The quantitative estimate of drug-likeness (QED) is 0.809. The molecule has 0 aliphatic carbocycles. The summed E-state index contributed by atoms with van der Waals surface area (Å²) >= 11 is 0. The van der Waals surface area contributed by atoms with Gasteiger partial charge in [-0.3, -0.25) is 4.90 Å². The summed E-state index contributed by atoms with van der Waals surface area (Å²) < 4.78 is 49.5. The van der Waals surface area contributed by atoms with Gasteiger partial charge in [-0.25, -0.2) is 13.1 Å². The highest BCUT2D eigenvalue weighted by atomic mass is 32.2. The van der Waals surface area contributed by atoms with Gasteiger partial charge in [0.15, 0.2) is 11.5 Å². The van der Waals surface area contributed by atoms with E-state index in [-0.39, 0.29) is 24.3 Å². The van der Waals surface area contributed by atoms with E-state index >= 15 is 0 Å². The van der Waals surface area contributed by atoms with E-state index in [2.05, 4.69) is 9.62 Å². The van der Waals surface area contributed by atoms with Crippen LogP contribution in [0, 0.1) is 0 Å². The second-order valence-electron chi connectivity index (χ2n) is 6.05. The molecule has 2 aliphatic rings. The first-order valence-corrected chi connectivity index (χ1v) is 9.86. The Labute approximate surface area is 151 Å². The first-order chi connectivity index (χ1) is 12.6. The molecule has 8 nitrogen and oxygen atoms in total. The monoisotopic (exact) mass is 380 g/mol. The van der Waals surface area contributed by atoms with Crippen LogP contribution in [-0.2, 0) is 14.8 Å². The van der Waals surface area contributed by atoms with E-state index in [4.69, 9.17) is 18.6 Å². The number of nitrogens with zero attached hydrogens (tertiary/aromatic N) is 1. The zero-order chi connectivity index (χ0) is 18.0. The zero-order valence-electron chi connectivity index (χ0n) is 14.1. The summed E-state index contributed by atoms with van der Waals surface area (Å²) in [5.74, 6) is 1.70. The van der Waals surface area contributed by atoms with E-state index in [1.54, 1.807) is 18.4 Å². The number of ether oxygens (including phenoxy) is 3. The van der Waals surface area contributed by atoms with E-state index in [9.17, 15) is 8.42 Å². The molecule has 1 atom stereocenters. The Morgan fingerprint density at radius 3 is 2.69 bits per heavy atom. The topological polar surface area (TPSA) is 90.2 Å². The van der Waals surface area contributed by atoms with E-state index in [0.29, 0.717) is 24.7 Å². The van der Waals surface area contributed by atoms with Crippen LogP contribution in [0.2, 0.25) is 0 Å². The molecule has 4 rings (SSSR count). The van der Waals surface area contributed by atoms with E-state index in [1.165, 1.54) is 12.1 Å². The number of morpholine rings is 1. The number of rotatable bonds is 6. The summed E-state index contributed by atoms with van der Waals surface area (Å²) in [6, 6.07) is 8.04. The van der Waals surface area contributed by atoms with Crippen LogP contribution >= 0.6 is 0 Å². The molecule has 2 aliphatic heterocycles. The molecule has 0 amide bonds. The molecule has 0 saturated carbocycles. The summed E-state index contributed by atoms with van der Waals surface area (Å²) in [4.78, 5) is 2.30. The minimum Gasteiger partial charge on any atom is -0.468 e. The highest BCUT2D eigenvalue weighted by Gasteiger charge is 2.27. The van der Waals surface area contributed by atoms with Gasteiger partial charge in [0.05, 0.1) is 30.4 Å². The predicted molar refractivity (Wildman–Crippen MR) is 91.6 cm³/mol. The van der Waals surface area contributed by atoms with Gasteiger partial charge in [-0.2, -0.15) is 0 Å². The Morgan fingerprint density at radius 1 is 1.12 bits per heavy atom. The maximum absolute atomic E-state index is 12.7. The van der Waals surface area contributed by atoms with Gasteiger partial charge in [0.1, 0.15) is 5.76 Å². The molecule has 0 spiro atoms. The van der Waals surface area contributed by atoms with Crippen molar-refractivity contribution in [1.82, 2.24) is 9.62 Å². The summed E-state index contributed by atoms with van der Waals surface area (Å²) in [7, 11) is -3.69. The fourth-order valence-electron chi connectivity index (χ4n) is 3.10. The normalized spacial score (nSPS) is 18.8. The third-order valence-electron chi connectivity index (χ3n) is 4.48. The van der Waals surface area contributed by atoms with Gasteiger partial charge in [-0.1, -0.05) is 0 Å². The molecule has 140 valence electrons. The highest BCUT2D eigenvalue weighted by molar-refractivity contribution is 7.89. The fourth-order valence-corrected chi connectivity index (χ4v) is 4.15. The Bertz CT molecular complexity index is 846. The van der Waals surface area contributed by atoms with Crippen molar-refractivity contribution in [2.75, 3.05) is 39.6 Å². The second kappa shape index (κ2) is 7.28. The van der Waals surface area contributed by atoms with Crippen LogP contribution in [0.5, 0.6) is 11.5 Å². The molecule has 1 aromatic heterocycles. The number of nitrogens with one attached hydrogen (secondary N) is 1. The molecule has 1 fully saturated rings. The average molecular weight is 380 g/mol. The molecular weight excluding hydrogens is 360 g/mol. The number of sulfonamides is 1. The Kier molecular flexibility index (Phi) is 4.86. The summed E-state index contributed by atoms with van der Waals surface area (Å²) in [5, 5.41) is 0. The summed E-state index contributed by atoms with van der Waals surface area (Å²) in [5.41, 5.74) is 0. The lowest BCUT2D eigenvalue weighted by molar-refractivity contribution is 0.0128. The van der Waals surface area contributed by atoms with Gasteiger partial charge in [-0.15, -0.1) is 0 Å². The molecule has 3 heterocycles. The van der Waals surface area contributed by atoms with Crippen molar-refractivity contribution in [3.63, 3.8) is 0 Å². The van der Waals surface area contributed by atoms with Crippen molar-refractivity contribution in [2.45, 2.75) is 10.9 Å². The average Bonchev–Trinajstić information content (AvgIpc) is 3.34. The van der Waals surface area contributed by atoms with Gasteiger partial charge in [0.2, 0.25) is 16.8 Å². The first-order valence-electron chi connectivity index (χ1n) is 8.38. The number of furan rings is 1. The Hall–Kier alpha value is -2.07. The van der Waals surface area contributed by atoms with Crippen molar-refractivity contribution >= 4 is 10.0 Å². The number of benzene rings is 1. The molecule has 9 heteroatoms. The summed E-state index contributed by atoms with van der Waals surface area (Å²) in [6.07, 6.45) is 1.59. The van der Waals surface area contributed by atoms with Crippen LogP contribution < -0.4 is 14.2 Å². The third-order valence-corrected chi connectivity index (χ3v) is 5.90. The molecule has 1 aromatic carbocycles. The van der Waals surface area contributed by atoms with Crippen molar-refractivity contribution < 1.29 is 27.0 Å². The molecular formula is C17H20N2O6S. The van der Waals surface area contributed by atoms with E-state index in [1.807, 2.05) is 6.07 Å². The maximum Gasteiger partial charge on any atom is 0.240 e. The lowest BCUT2D eigenvalue weighted by Gasteiger charge is -2.33. The molecule has 0 unspecified atom stereocenters. The van der Waals surface area contributed by atoms with Crippen molar-refractivity contribution in [1.29, 1.82) is 0 Å². The van der Waals surface area contributed by atoms with Gasteiger partial charge >= 0.3 is 0 Å². The maximum atomic E-state index is 12.7. The SMILES string of the molecule is O=S(=O)(NC[C@@H](c1ccco1)N1CCOCC1)c1ccc2c(c1)OCO2. The minimum absolute atomic E-state index is 0.101. The lowest BCUT2D eigenvalue weighted by atomic mass is 10.2. The van der Waals surface area contributed by atoms with Crippen LogP contribution in [0.4, 0.5) is 0 Å². The zero-order valence-corrected chi connectivity index (χ0v) is 14.9. The molecule has 0 bridgehead atoms. The number of hydrogen-bond acceptors (Lipinski definition) is 7. The van der Waals surface area contributed by atoms with E-state index in [0.717, 1.165) is 18.8 Å².